The van der Waals surface area contributed by atoms with Gasteiger partial charge in [0.25, 0.3) is 0 Å². The van der Waals surface area contributed by atoms with Crippen molar-refractivity contribution in [2.75, 3.05) is 14.2 Å². The molecule has 25 heavy (non-hydrogen) atoms. The summed E-state index contributed by atoms with van der Waals surface area (Å²) in [5, 5.41) is 13.0. The third-order valence-corrected chi connectivity index (χ3v) is 3.62. The fourth-order valence-corrected chi connectivity index (χ4v) is 2.12. The van der Waals surface area contributed by atoms with Gasteiger partial charge >= 0.3 is 5.97 Å². The van der Waals surface area contributed by atoms with Gasteiger partial charge in [-0.3, -0.25) is 4.79 Å². The molecule has 0 radical (unpaired) electrons. The molecule has 0 aromatic carbocycles. The Bertz CT molecular complexity index is 479. The molecule has 0 saturated heterocycles. The highest BCUT2D eigenvalue weighted by molar-refractivity contribution is 5.69. The second-order valence-corrected chi connectivity index (χ2v) is 5.70. The molecule has 0 heterocycles. The quantitative estimate of drug-likeness (QED) is 0.269. The maximum atomic E-state index is 11.0. The third-order valence-electron chi connectivity index (χ3n) is 3.62. The average molecular weight is 351 g/mol. The summed E-state index contributed by atoms with van der Waals surface area (Å²) in [7, 11) is 3.21. The van der Waals surface area contributed by atoms with Gasteiger partial charge in [0.15, 0.2) is 0 Å². The Morgan fingerprint density at radius 2 is 1.80 bits per heavy atom. The molecular formula is C20H34N2O3. The van der Waals surface area contributed by atoms with Gasteiger partial charge in [-0.25, -0.2) is 0 Å². The Kier molecular flexibility index (Phi) is 14.3. The van der Waals surface area contributed by atoms with Crippen LogP contribution < -0.4 is 11.1 Å². The number of nitrogens with one attached hydrogen (secondary N) is 1. The van der Waals surface area contributed by atoms with Gasteiger partial charge in [0.2, 0.25) is 0 Å². The molecule has 4 N–H and O–H groups in total. The van der Waals surface area contributed by atoms with Crippen LogP contribution in [-0.2, 0) is 9.53 Å². The first-order chi connectivity index (χ1) is 12.0. The number of rotatable bonds is 13. The van der Waals surface area contributed by atoms with Crippen molar-refractivity contribution < 1.29 is 14.6 Å². The van der Waals surface area contributed by atoms with Crippen LogP contribution in [0.5, 0.6) is 0 Å². The summed E-state index contributed by atoms with van der Waals surface area (Å²) in [6.45, 7) is 2.09. The molecule has 0 bridgehead atoms. The minimum absolute atomic E-state index is 0.199. The van der Waals surface area contributed by atoms with E-state index in [0.717, 1.165) is 30.7 Å². The van der Waals surface area contributed by atoms with Gasteiger partial charge in [-0.2, -0.15) is 0 Å². The summed E-state index contributed by atoms with van der Waals surface area (Å²) in [5.74, 6) is -0.199. The van der Waals surface area contributed by atoms with E-state index in [0.29, 0.717) is 25.7 Å². The van der Waals surface area contributed by atoms with Crippen LogP contribution in [0.15, 0.2) is 47.9 Å². The number of carbonyl (C=O) groups excluding carboxylic acids is 1. The van der Waals surface area contributed by atoms with Crippen LogP contribution in [0.1, 0.15) is 51.9 Å². The van der Waals surface area contributed by atoms with Crippen molar-refractivity contribution in [3.8, 4) is 0 Å². The lowest BCUT2D eigenvalue weighted by Gasteiger charge is -2.08. The van der Waals surface area contributed by atoms with E-state index in [1.54, 1.807) is 6.08 Å². The van der Waals surface area contributed by atoms with E-state index in [1.807, 2.05) is 25.3 Å². The number of carbonyl (C=O) groups is 1. The Labute approximate surface area is 152 Å². The van der Waals surface area contributed by atoms with Crippen LogP contribution >= 0.6 is 0 Å². The maximum Gasteiger partial charge on any atom is 0.305 e. The van der Waals surface area contributed by atoms with Gasteiger partial charge < -0.3 is 20.9 Å². The molecule has 0 fully saturated rings. The number of ether oxygens (including phenoxy) is 1. The van der Waals surface area contributed by atoms with E-state index in [9.17, 15) is 9.90 Å². The number of aliphatic hydroxyl groups excluding tert-OH is 1. The van der Waals surface area contributed by atoms with E-state index in [1.165, 1.54) is 7.11 Å². The number of esters is 1. The largest absolute Gasteiger partial charge is 0.469 e. The van der Waals surface area contributed by atoms with Crippen LogP contribution in [0.25, 0.3) is 0 Å². The highest BCUT2D eigenvalue weighted by Crippen LogP contribution is 2.08. The van der Waals surface area contributed by atoms with Crippen molar-refractivity contribution in [3.05, 3.63) is 47.9 Å². The van der Waals surface area contributed by atoms with Gasteiger partial charge in [0, 0.05) is 19.2 Å². The van der Waals surface area contributed by atoms with Crippen LogP contribution in [-0.4, -0.2) is 31.3 Å². The molecule has 5 heteroatoms. The van der Waals surface area contributed by atoms with Gasteiger partial charge in [-0.15, -0.1) is 0 Å². The SMILES string of the molecule is CC/C=C\CCC(O)/C=C/C(NC)=C(/N)CC/C=C\CCC(=O)OC. The van der Waals surface area contributed by atoms with E-state index < -0.39 is 6.10 Å². The molecule has 0 aromatic rings. The molecule has 0 saturated carbocycles. The molecule has 0 spiro atoms. The number of aliphatic hydroxyl groups is 1. The van der Waals surface area contributed by atoms with Crippen LogP contribution in [0.3, 0.4) is 0 Å². The van der Waals surface area contributed by atoms with E-state index in [4.69, 9.17) is 5.73 Å². The normalized spacial score (nSPS) is 14.2. The lowest BCUT2D eigenvalue weighted by atomic mass is 10.1. The lowest BCUT2D eigenvalue weighted by Crippen LogP contribution is -2.13. The zero-order valence-corrected chi connectivity index (χ0v) is 15.8. The van der Waals surface area contributed by atoms with Crippen molar-refractivity contribution in [3.63, 3.8) is 0 Å². The topological polar surface area (TPSA) is 84.6 Å². The van der Waals surface area contributed by atoms with E-state index in [-0.39, 0.29) is 5.97 Å². The zero-order chi connectivity index (χ0) is 18.9. The van der Waals surface area contributed by atoms with Crippen molar-refractivity contribution >= 4 is 5.97 Å². The van der Waals surface area contributed by atoms with Crippen molar-refractivity contribution in [2.45, 2.75) is 58.0 Å². The first-order valence-corrected chi connectivity index (χ1v) is 8.94. The Balaban J connectivity index is 4.29. The summed E-state index contributed by atoms with van der Waals surface area (Å²) < 4.78 is 4.58. The Hall–Kier alpha value is -2.01. The summed E-state index contributed by atoms with van der Waals surface area (Å²) in [5.41, 5.74) is 7.67. The predicted molar refractivity (Wildman–Crippen MR) is 104 cm³/mol. The number of nitrogens with two attached hydrogens (primary N) is 1. The number of hydrogen-bond acceptors (Lipinski definition) is 5. The van der Waals surface area contributed by atoms with Gasteiger partial charge in [0.05, 0.1) is 18.9 Å². The zero-order valence-electron chi connectivity index (χ0n) is 15.8. The van der Waals surface area contributed by atoms with Crippen LogP contribution in [0.4, 0.5) is 0 Å². The highest BCUT2D eigenvalue weighted by atomic mass is 16.5. The van der Waals surface area contributed by atoms with Crippen molar-refractivity contribution in [2.24, 2.45) is 5.73 Å². The summed E-state index contributed by atoms with van der Waals surface area (Å²) in [6.07, 6.45) is 16.5. The summed E-state index contributed by atoms with van der Waals surface area (Å²) >= 11 is 0. The second-order valence-electron chi connectivity index (χ2n) is 5.70. The van der Waals surface area contributed by atoms with Crippen molar-refractivity contribution in [1.29, 1.82) is 0 Å². The first-order valence-electron chi connectivity index (χ1n) is 8.94. The molecule has 142 valence electrons. The number of allylic oxidation sites excluding steroid dienone is 6. The van der Waals surface area contributed by atoms with Gasteiger partial charge in [-0.1, -0.05) is 37.3 Å². The monoisotopic (exact) mass is 350 g/mol. The molecule has 1 atom stereocenters. The second kappa shape index (κ2) is 15.5. The fraction of sp³-hybridized carbons (Fsp3) is 0.550. The molecule has 5 nitrogen and oxygen atoms in total. The van der Waals surface area contributed by atoms with E-state index >= 15 is 0 Å². The molecule has 0 aliphatic rings. The molecular weight excluding hydrogens is 316 g/mol. The molecule has 0 amide bonds. The van der Waals surface area contributed by atoms with Crippen molar-refractivity contribution in [1.82, 2.24) is 5.32 Å². The molecule has 0 aliphatic heterocycles. The van der Waals surface area contributed by atoms with Gasteiger partial charge in [-0.05, 0) is 44.6 Å². The third kappa shape index (κ3) is 13.0. The minimum atomic E-state index is -0.476. The number of methoxy groups -OCH3 is 1. The maximum absolute atomic E-state index is 11.0. The highest BCUT2D eigenvalue weighted by Gasteiger charge is 2.01. The van der Waals surface area contributed by atoms with E-state index in [2.05, 4.69) is 29.1 Å². The Morgan fingerprint density at radius 1 is 1.16 bits per heavy atom. The number of likely N-dealkylation sites (N-methyl/N-ethyl adjacent to an activating group) is 1. The van der Waals surface area contributed by atoms with Gasteiger partial charge in [0.1, 0.15) is 0 Å². The fourth-order valence-electron chi connectivity index (χ4n) is 2.12. The summed E-state index contributed by atoms with van der Waals surface area (Å²) in [6, 6.07) is 0. The average Bonchev–Trinajstić information content (AvgIpc) is 2.61. The molecule has 0 aliphatic carbocycles. The summed E-state index contributed by atoms with van der Waals surface area (Å²) in [4.78, 5) is 11.0. The van der Waals surface area contributed by atoms with Crippen LogP contribution in [0, 0.1) is 0 Å². The smallest absolute Gasteiger partial charge is 0.305 e. The Morgan fingerprint density at radius 3 is 2.40 bits per heavy atom. The first kappa shape index (κ1) is 23.0. The predicted octanol–water partition coefficient (Wildman–Crippen LogP) is 3.33. The van der Waals surface area contributed by atoms with Crippen LogP contribution in [0.2, 0.25) is 0 Å². The number of hydrogen-bond donors (Lipinski definition) is 3. The molecule has 0 rings (SSSR count). The molecule has 1 unspecified atom stereocenters. The molecule has 0 aromatic heterocycles. The minimum Gasteiger partial charge on any atom is -0.469 e. The lowest BCUT2D eigenvalue weighted by molar-refractivity contribution is -0.140. The standard InChI is InChI=1S/C20H34N2O3/c1-4-5-6-9-12-17(23)15-16-19(22-2)18(21)13-10-7-8-11-14-20(24)25-3/h5-8,15-17,22-23H,4,9-14,21H2,1-3H3/b6-5-,8-7-,16-15+,19-18-.